The molecule has 0 aromatic heterocycles. The highest BCUT2D eigenvalue weighted by molar-refractivity contribution is 6.36. The third-order valence-corrected chi connectivity index (χ3v) is 2.96. The molecule has 4 nitrogen and oxygen atoms in total. The summed E-state index contributed by atoms with van der Waals surface area (Å²) in [6.07, 6.45) is 0. The largest absolute Gasteiger partial charge is 0.340 e. The number of halogens is 2. The molecule has 1 unspecified atom stereocenters. The number of amides is 1. The van der Waals surface area contributed by atoms with Crippen molar-refractivity contribution in [1.82, 2.24) is 10.6 Å². The summed E-state index contributed by atoms with van der Waals surface area (Å²) in [5.41, 5.74) is 0.571. The highest BCUT2D eigenvalue weighted by Gasteiger charge is 2.32. The molecule has 1 aromatic rings. The molecule has 0 saturated carbocycles. The summed E-state index contributed by atoms with van der Waals surface area (Å²) in [7, 11) is 1.58. The lowest BCUT2D eigenvalue weighted by atomic mass is 10.1. The normalized spacial score (nSPS) is 22.1. The highest BCUT2D eigenvalue weighted by atomic mass is 35.5. The van der Waals surface area contributed by atoms with E-state index in [1.165, 1.54) is 0 Å². The van der Waals surface area contributed by atoms with Gasteiger partial charge in [0.05, 0.1) is 0 Å². The van der Waals surface area contributed by atoms with Crippen LogP contribution < -0.4 is 10.6 Å². The number of nitrogens with zero attached hydrogens (tertiary/aromatic N) is 1. The van der Waals surface area contributed by atoms with Gasteiger partial charge in [0.25, 0.3) is 5.91 Å². The molecule has 0 aliphatic carbocycles. The van der Waals surface area contributed by atoms with Gasteiger partial charge < -0.3 is 5.32 Å². The standard InChI is InChI=1S/C10H9Cl2N3O/c1-13-10-14-8(9(16)15-10)7-5(11)3-2-4-6(7)12/h2-4,8H,1H3,(H2,13,14,15,16). The lowest BCUT2D eigenvalue weighted by Gasteiger charge is -2.11. The van der Waals surface area contributed by atoms with Gasteiger partial charge in [-0.2, -0.15) is 0 Å². The van der Waals surface area contributed by atoms with Crippen LogP contribution in [0.4, 0.5) is 0 Å². The number of carbonyl (C=O) groups is 1. The van der Waals surface area contributed by atoms with E-state index in [0.29, 0.717) is 21.6 Å². The summed E-state index contributed by atoms with van der Waals surface area (Å²) in [5, 5.41) is 6.41. The number of carbonyl (C=O) groups excluding carboxylic acids is 1. The number of guanidine groups is 1. The maximum Gasteiger partial charge on any atom is 0.254 e. The van der Waals surface area contributed by atoms with Crippen LogP contribution in [0.5, 0.6) is 0 Å². The van der Waals surface area contributed by atoms with Crippen LogP contribution in [-0.2, 0) is 4.79 Å². The second-order valence-electron chi connectivity index (χ2n) is 3.27. The van der Waals surface area contributed by atoms with Gasteiger partial charge in [-0.05, 0) is 12.1 Å². The minimum atomic E-state index is -0.583. The Labute approximate surface area is 103 Å². The van der Waals surface area contributed by atoms with E-state index in [9.17, 15) is 4.79 Å². The van der Waals surface area contributed by atoms with Gasteiger partial charge in [-0.15, -0.1) is 0 Å². The van der Waals surface area contributed by atoms with Gasteiger partial charge in [-0.25, -0.2) is 0 Å². The molecule has 1 atom stereocenters. The Morgan fingerprint density at radius 3 is 2.44 bits per heavy atom. The van der Waals surface area contributed by atoms with Crippen molar-refractivity contribution in [3.63, 3.8) is 0 Å². The zero-order valence-corrected chi connectivity index (χ0v) is 9.93. The van der Waals surface area contributed by atoms with Crippen molar-refractivity contribution in [2.45, 2.75) is 6.04 Å². The zero-order valence-electron chi connectivity index (χ0n) is 8.42. The monoisotopic (exact) mass is 257 g/mol. The predicted molar refractivity (Wildman–Crippen MR) is 63.8 cm³/mol. The Balaban J connectivity index is 2.42. The Hall–Kier alpha value is -1.26. The molecule has 84 valence electrons. The molecule has 1 aliphatic heterocycles. The molecule has 1 amide bonds. The molecule has 1 fully saturated rings. The summed E-state index contributed by atoms with van der Waals surface area (Å²) in [6, 6.07) is 4.54. The molecule has 16 heavy (non-hydrogen) atoms. The second-order valence-corrected chi connectivity index (χ2v) is 4.09. The number of hydrogen-bond donors (Lipinski definition) is 2. The summed E-state index contributed by atoms with van der Waals surface area (Å²) in [5.74, 6) is 0.210. The summed E-state index contributed by atoms with van der Waals surface area (Å²) >= 11 is 12.0. The van der Waals surface area contributed by atoms with Crippen molar-refractivity contribution in [3.8, 4) is 0 Å². The first kappa shape index (κ1) is 11.2. The van der Waals surface area contributed by atoms with Crippen LogP contribution in [0.3, 0.4) is 0 Å². The van der Waals surface area contributed by atoms with Crippen LogP contribution in [-0.4, -0.2) is 18.9 Å². The maximum absolute atomic E-state index is 11.7. The van der Waals surface area contributed by atoms with Crippen molar-refractivity contribution >= 4 is 35.1 Å². The lowest BCUT2D eigenvalue weighted by molar-refractivity contribution is -0.120. The van der Waals surface area contributed by atoms with E-state index in [-0.39, 0.29) is 5.91 Å². The molecule has 6 heteroatoms. The van der Waals surface area contributed by atoms with Gasteiger partial charge in [0, 0.05) is 22.7 Å². The molecule has 0 radical (unpaired) electrons. The van der Waals surface area contributed by atoms with Crippen LogP contribution in [0.2, 0.25) is 10.0 Å². The van der Waals surface area contributed by atoms with Crippen molar-refractivity contribution in [1.29, 1.82) is 0 Å². The van der Waals surface area contributed by atoms with E-state index in [4.69, 9.17) is 23.2 Å². The van der Waals surface area contributed by atoms with E-state index in [1.807, 2.05) is 0 Å². The van der Waals surface area contributed by atoms with Crippen LogP contribution in [0.1, 0.15) is 11.6 Å². The first-order chi connectivity index (χ1) is 7.63. The Kier molecular flexibility index (Phi) is 3.03. The Bertz CT molecular complexity index is 453. The first-order valence-corrected chi connectivity index (χ1v) is 5.37. The summed E-state index contributed by atoms with van der Waals surface area (Å²) in [6.45, 7) is 0. The third-order valence-electron chi connectivity index (χ3n) is 2.30. The topological polar surface area (TPSA) is 53.5 Å². The fourth-order valence-electron chi connectivity index (χ4n) is 1.54. The van der Waals surface area contributed by atoms with Crippen molar-refractivity contribution in [2.75, 3.05) is 7.05 Å². The van der Waals surface area contributed by atoms with Crippen LogP contribution >= 0.6 is 23.2 Å². The van der Waals surface area contributed by atoms with Gasteiger partial charge >= 0.3 is 0 Å². The van der Waals surface area contributed by atoms with E-state index >= 15 is 0 Å². The molecule has 1 saturated heterocycles. The van der Waals surface area contributed by atoms with E-state index in [1.54, 1.807) is 25.2 Å². The second kappa shape index (κ2) is 4.31. The Morgan fingerprint density at radius 2 is 1.94 bits per heavy atom. The van der Waals surface area contributed by atoms with Crippen LogP contribution in [0.15, 0.2) is 23.2 Å². The molecule has 0 spiro atoms. The number of rotatable bonds is 1. The average Bonchev–Trinajstić information content (AvgIpc) is 2.60. The van der Waals surface area contributed by atoms with Crippen LogP contribution in [0.25, 0.3) is 0 Å². The minimum absolute atomic E-state index is 0.212. The number of benzene rings is 1. The van der Waals surface area contributed by atoms with Gasteiger partial charge in [-0.3, -0.25) is 15.1 Å². The molecular formula is C10H9Cl2N3O. The summed E-state index contributed by atoms with van der Waals surface area (Å²) < 4.78 is 0. The quantitative estimate of drug-likeness (QED) is 0.806. The van der Waals surface area contributed by atoms with E-state index < -0.39 is 6.04 Å². The van der Waals surface area contributed by atoms with Crippen molar-refractivity contribution < 1.29 is 4.79 Å². The molecule has 1 heterocycles. The van der Waals surface area contributed by atoms with Gasteiger partial charge in [0.1, 0.15) is 6.04 Å². The fraction of sp³-hybridized carbons (Fsp3) is 0.200. The lowest BCUT2D eigenvalue weighted by Crippen LogP contribution is -2.24. The maximum atomic E-state index is 11.7. The number of nitrogens with one attached hydrogen (secondary N) is 2. The smallest absolute Gasteiger partial charge is 0.254 e. The number of aliphatic imine (C=N–C) groups is 1. The van der Waals surface area contributed by atoms with E-state index in [0.717, 1.165) is 0 Å². The van der Waals surface area contributed by atoms with Gasteiger partial charge in [0.15, 0.2) is 5.96 Å². The Morgan fingerprint density at radius 1 is 1.31 bits per heavy atom. The average molecular weight is 258 g/mol. The molecule has 2 rings (SSSR count). The third kappa shape index (κ3) is 1.86. The SMILES string of the molecule is CN=C1NC(=O)C(c2c(Cl)cccc2Cl)N1. The van der Waals surface area contributed by atoms with Crippen LogP contribution in [0, 0.1) is 0 Å². The highest BCUT2D eigenvalue weighted by Crippen LogP contribution is 2.31. The molecular weight excluding hydrogens is 249 g/mol. The first-order valence-electron chi connectivity index (χ1n) is 4.61. The molecule has 0 bridgehead atoms. The van der Waals surface area contributed by atoms with E-state index in [2.05, 4.69) is 15.6 Å². The molecule has 1 aliphatic rings. The van der Waals surface area contributed by atoms with Crippen molar-refractivity contribution in [2.24, 2.45) is 4.99 Å². The summed E-state index contributed by atoms with van der Waals surface area (Å²) in [4.78, 5) is 15.5. The fourth-order valence-corrected chi connectivity index (χ4v) is 2.15. The van der Waals surface area contributed by atoms with Gasteiger partial charge in [-0.1, -0.05) is 29.3 Å². The zero-order chi connectivity index (χ0) is 11.7. The number of hydrogen-bond acceptors (Lipinski definition) is 2. The predicted octanol–water partition coefficient (Wildman–Crippen LogP) is 1.74. The minimum Gasteiger partial charge on any atom is -0.340 e. The molecule has 2 N–H and O–H groups in total. The molecule has 1 aromatic carbocycles. The van der Waals surface area contributed by atoms with Gasteiger partial charge in [0.2, 0.25) is 0 Å². The van der Waals surface area contributed by atoms with Crippen molar-refractivity contribution in [3.05, 3.63) is 33.8 Å².